The summed E-state index contributed by atoms with van der Waals surface area (Å²) in [5.74, 6) is -0.0308. The van der Waals surface area contributed by atoms with Crippen LogP contribution in [-0.2, 0) is 6.04 Å². The lowest BCUT2D eigenvalue weighted by Gasteiger charge is -2.34. The second-order valence-corrected chi connectivity index (χ2v) is 11.3. The van der Waals surface area contributed by atoms with Crippen molar-refractivity contribution in [3.05, 3.63) is 35.6 Å². The van der Waals surface area contributed by atoms with Gasteiger partial charge in [-0.05, 0) is 49.8 Å². The van der Waals surface area contributed by atoms with Gasteiger partial charge in [-0.15, -0.1) is 0 Å². The Hall–Kier alpha value is -0.673. The molecule has 0 spiro atoms. The number of hydrogen-bond donors (Lipinski definition) is 0. The highest BCUT2D eigenvalue weighted by Gasteiger charge is 2.26. The van der Waals surface area contributed by atoms with E-state index in [4.69, 9.17) is 0 Å². The van der Waals surface area contributed by atoms with E-state index in [0.717, 1.165) is 11.6 Å². The van der Waals surface area contributed by atoms with E-state index in [1.807, 2.05) is 12.1 Å². The summed E-state index contributed by atoms with van der Waals surface area (Å²) in [7, 11) is -1.38. The molecule has 0 amide bonds. The third-order valence-corrected chi connectivity index (χ3v) is 6.37. The minimum atomic E-state index is -1.38. The van der Waals surface area contributed by atoms with Crippen molar-refractivity contribution < 1.29 is 4.39 Å². The highest BCUT2D eigenvalue weighted by Crippen LogP contribution is 2.18. The summed E-state index contributed by atoms with van der Waals surface area (Å²) >= 11 is 0. The fraction of sp³-hybridized carbons (Fsp3) is 0.600. The zero-order valence-electron chi connectivity index (χ0n) is 11.6. The van der Waals surface area contributed by atoms with Gasteiger partial charge in [-0.1, -0.05) is 37.7 Å². The molecule has 2 rings (SSSR count). The van der Waals surface area contributed by atoms with E-state index in [-0.39, 0.29) is 5.82 Å². The van der Waals surface area contributed by atoms with Crippen LogP contribution in [0.4, 0.5) is 4.39 Å². The zero-order chi connectivity index (χ0) is 13.0. The van der Waals surface area contributed by atoms with Crippen molar-refractivity contribution in [1.82, 2.24) is 4.90 Å². The van der Waals surface area contributed by atoms with Crippen LogP contribution in [0.3, 0.4) is 0 Å². The van der Waals surface area contributed by atoms with Crippen LogP contribution in [0.2, 0.25) is 13.1 Å². The molecule has 1 nitrogen and oxygen atoms in total. The predicted molar refractivity (Wildman–Crippen MR) is 77.9 cm³/mol. The maximum Gasteiger partial charge on any atom is 0.126 e. The first kappa shape index (κ1) is 13.8. The molecule has 1 aliphatic heterocycles. The lowest BCUT2D eigenvalue weighted by Crippen LogP contribution is -2.46. The van der Waals surface area contributed by atoms with E-state index in [1.165, 1.54) is 38.5 Å². The zero-order valence-corrected chi connectivity index (χ0v) is 12.6. The van der Waals surface area contributed by atoms with Crippen LogP contribution in [0.1, 0.15) is 24.8 Å². The Morgan fingerprint density at radius 2 is 1.78 bits per heavy atom. The van der Waals surface area contributed by atoms with Gasteiger partial charge in [0.1, 0.15) is 5.82 Å². The van der Waals surface area contributed by atoms with Gasteiger partial charge in [0.25, 0.3) is 0 Å². The van der Waals surface area contributed by atoms with Gasteiger partial charge in [0.2, 0.25) is 0 Å². The summed E-state index contributed by atoms with van der Waals surface area (Å²) in [6.07, 6.45) is 5.27. The first-order chi connectivity index (χ1) is 8.57. The smallest absolute Gasteiger partial charge is 0.126 e. The topological polar surface area (TPSA) is 3.24 Å². The minimum absolute atomic E-state index is 0.0308. The third-order valence-electron chi connectivity index (χ3n) is 3.73. The van der Waals surface area contributed by atoms with Crippen LogP contribution >= 0.6 is 0 Å². The predicted octanol–water partition coefficient (Wildman–Crippen LogP) is 3.64. The summed E-state index contributed by atoms with van der Waals surface area (Å²) < 4.78 is 13.7. The van der Waals surface area contributed by atoms with Crippen LogP contribution in [0.15, 0.2) is 24.3 Å². The molecule has 1 aromatic rings. The molecule has 1 aliphatic rings. The van der Waals surface area contributed by atoms with E-state index < -0.39 is 8.07 Å². The summed E-state index contributed by atoms with van der Waals surface area (Å²) in [4.78, 5) is 2.59. The molecule has 3 heteroatoms. The van der Waals surface area contributed by atoms with Crippen LogP contribution in [-0.4, -0.2) is 32.2 Å². The van der Waals surface area contributed by atoms with Crippen LogP contribution < -0.4 is 0 Å². The molecular formula is C15H24FNSi. The maximum atomic E-state index is 13.7. The average molecular weight is 265 g/mol. The molecule has 0 bridgehead atoms. The van der Waals surface area contributed by atoms with Crippen LogP contribution in [0.25, 0.3) is 0 Å². The second kappa shape index (κ2) is 5.98. The number of rotatable bonds is 4. The lowest BCUT2D eigenvalue weighted by molar-refractivity contribution is 0.258. The van der Waals surface area contributed by atoms with Crippen molar-refractivity contribution in [2.24, 2.45) is 0 Å². The minimum Gasteiger partial charge on any atom is -0.306 e. The van der Waals surface area contributed by atoms with Crippen LogP contribution in [0.5, 0.6) is 0 Å². The van der Waals surface area contributed by atoms with E-state index >= 15 is 0 Å². The summed E-state index contributed by atoms with van der Waals surface area (Å²) in [6.45, 7) is 7.25. The molecule has 0 aliphatic carbocycles. The molecule has 0 aromatic heterocycles. The highest BCUT2D eigenvalue weighted by molar-refractivity contribution is 6.77. The highest BCUT2D eigenvalue weighted by atomic mass is 28.3. The molecule has 18 heavy (non-hydrogen) atoms. The Morgan fingerprint density at radius 3 is 2.44 bits per heavy atom. The Labute approximate surface area is 111 Å². The van der Waals surface area contributed by atoms with Crippen LogP contribution in [0, 0.1) is 5.82 Å². The SMILES string of the molecule is C[Si](C)(Cc1ccccc1F)CN1CCCCC1. The summed E-state index contributed by atoms with van der Waals surface area (Å²) in [5, 5.41) is 0. The molecule has 1 fully saturated rings. The Bertz CT molecular complexity index is 386. The van der Waals surface area contributed by atoms with Crippen molar-refractivity contribution in [3.63, 3.8) is 0 Å². The molecule has 1 saturated heterocycles. The van der Waals surface area contributed by atoms with Gasteiger partial charge < -0.3 is 4.90 Å². The molecule has 0 N–H and O–H groups in total. The standard InChI is InChI=1S/C15H24FNSi/c1-18(2,13-17-10-6-3-7-11-17)12-14-8-4-5-9-15(14)16/h4-5,8-9H,3,6-7,10-13H2,1-2H3. The number of benzene rings is 1. The normalized spacial score (nSPS) is 17.9. The largest absolute Gasteiger partial charge is 0.306 e. The van der Waals surface area contributed by atoms with Crippen molar-refractivity contribution in [2.45, 2.75) is 38.4 Å². The van der Waals surface area contributed by atoms with Gasteiger partial charge in [0, 0.05) is 0 Å². The fourth-order valence-electron chi connectivity index (χ4n) is 2.94. The van der Waals surface area contributed by atoms with Crippen molar-refractivity contribution in [3.8, 4) is 0 Å². The Morgan fingerprint density at radius 1 is 1.11 bits per heavy atom. The molecule has 0 saturated carbocycles. The molecule has 100 valence electrons. The van der Waals surface area contributed by atoms with Crippen molar-refractivity contribution in [1.29, 1.82) is 0 Å². The molecule has 0 unspecified atom stereocenters. The lowest BCUT2D eigenvalue weighted by atomic mass is 10.1. The number of hydrogen-bond acceptors (Lipinski definition) is 1. The quantitative estimate of drug-likeness (QED) is 0.751. The van der Waals surface area contributed by atoms with Gasteiger partial charge in [-0.2, -0.15) is 0 Å². The molecule has 0 radical (unpaired) electrons. The molecule has 1 aromatic carbocycles. The first-order valence-corrected chi connectivity index (χ1v) is 10.4. The average Bonchev–Trinajstić information content (AvgIpc) is 2.32. The van der Waals surface area contributed by atoms with Gasteiger partial charge in [-0.3, -0.25) is 0 Å². The summed E-state index contributed by atoms with van der Waals surface area (Å²) in [5.41, 5.74) is 0.908. The fourth-order valence-corrected chi connectivity index (χ4v) is 5.89. The van der Waals surface area contributed by atoms with Gasteiger partial charge in [-0.25, -0.2) is 4.39 Å². The first-order valence-electron chi connectivity index (χ1n) is 7.03. The van der Waals surface area contributed by atoms with E-state index in [9.17, 15) is 4.39 Å². The molecular weight excluding hydrogens is 241 g/mol. The monoisotopic (exact) mass is 265 g/mol. The van der Waals surface area contributed by atoms with Gasteiger partial charge in [0.15, 0.2) is 0 Å². The summed E-state index contributed by atoms with van der Waals surface area (Å²) in [6, 6.07) is 8.21. The van der Waals surface area contributed by atoms with E-state index in [0.29, 0.717) is 0 Å². The Balaban J connectivity index is 1.96. The van der Waals surface area contributed by atoms with Crippen molar-refractivity contribution in [2.75, 3.05) is 19.3 Å². The number of halogens is 1. The van der Waals surface area contributed by atoms with E-state index in [2.05, 4.69) is 18.0 Å². The van der Waals surface area contributed by atoms with E-state index in [1.54, 1.807) is 12.1 Å². The maximum absolute atomic E-state index is 13.7. The Kier molecular flexibility index (Phi) is 4.57. The number of nitrogens with zero attached hydrogens (tertiary/aromatic N) is 1. The van der Waals surface area contributed by atoms with Crippen molar-refractivity contribution >= 4 is 8.07 Å². The molecule has 1 heterocycles. The third kappa shape index (κ3) is 3.92. The number of piperidine rings is 1. The van der Waals surface area contributed by atoms with Gasteiger partial charge >= 0.3 is 0 Å². The molecule has 0 atom stereocenters. The number of likely N-dealkylation sites (tertiary alicyclic amines) is 1. The van der Waals surface area contributed by atoms with Gasteiger partial charge in [0.05, 0.1) is 8.07 Å². The second-order valence-electron chi connectivity index (χ2n) is 6.27.